The first-order chi connectivity index (χ1) is 14.2. The van der Waals surface area contributed by atoms with Crippen molar-refractivity contribution >= 4 is 23.9 Å². The molecule has 30 heavy (non-hydrogen) atoms. The zero-order chi connectivity index (χ0) is 22.0. The number of hydrogen-bond donors (Lipinski definition) is 4. The summed E-state index contributed by atoms with van der Waals surface area (Å²) in [7, 11) is 0. The highest BCUT2D eigenvalue weighted by Crippen LogP contribution is 2.11. The van der Waals surface area contributed by atoms with Crippen LogP contribution in [0.5, 0.6) is 0 Å². The largest absolute Gasteiger partial charge is 0.477 e. The average Bonchev–Trinajstić information content (AvgIpc) is 3.27. The lowest BCUT2D eigenvalue weighted by molar-refractivity contribution is 0.0673. The Kier molecular flexibility index (Phi) is 5.27. The molecule has 3 rings (SSSR count). The SMILES string of the molecule is O=C(O)c1cc(C(=O)O)n(Cc2cccc(Cn3nc(C(=O)O)cc3C(=O)O)n2)n1. The lowest BCUT2D eigenvalue weighted by atomic mass is 10.3. The van der Waals surface area contributed by atoms with Crippen LogP contribution in [0.4, 0.5) is 0 Å². The fraction of sp³-hybridized carbons (Fsp3) is 0.118. The van der Waals surface area contributed by atoms with Gasteiger partial charge in [0.1, 0.15) is 11.4 Å². The molecule has 0 radical (unpaired) electrons. The minimum absolute atomic E-state index is 0.159. The molecule has 0 saturated carbocycles. The summed E-state index contributed by atoms with van der Waals surface area (Å²) in [5.74, 6) is -5.50. The summed E-state index contributed by atoms with van der Waals surface area (Å²) in [6, 6.07) is 6.50. The van der Waals surface area contributed by atoms with Crippen LogP contribution in [0.3, 0.4) is 0 Å². The molecule has 3 heterocycles. The first-order valence-electron chi connectivity index (χ1n) is 8.19. The molecular weight excluding hydrogens is 402 g/mol. The van der Waals surface area contributed by atoms with Gasteiger partial charge in [-0.05, 0) is 12.1 Å². The van der Waals surface area contributed by atoms with Crippen molar-refractivity contribution in [2.24, 2.45) is 0 Å². The van der Waals surface area contributed by atoms with E-state index in [9.17, 15) is 29.4 Å². The second kappa shape index (κ2) is 7.83. The molecular formula is C17H13N5O8. The molecule has 154 valence electrons. The van der Waals surface area contributed by atoms with Gasteiger partial charge in [0.15, 0.2) is 11.4 Å². The number of nitrogens with zero attached hydrogens (tertiary/aromatic N) is 5. The number of aromatic carboxylic acids is 4. The Balaban J connectivity index is 1.90. The van der Waals surface area contributed by atoms with Gasteiger partial charge >= 0.3 is 23.9 Å². The fourth-order valence-electron chi connectivity index (χ4n) is 2.64. The van der Waals surface area contributed by atoms with E-state index in [0.29, 0.717) is 11.4 Å². The predicted molar refractivity (Wildman–Crippen MR) is 94.7 cm³/mol. The van der Waals surface area contributed by atoms with Gasteiger partial charge in [-0.25, -0.2) is 19.2 Å². The molecule has 0 unspecified atom stereocenters. The zero-order valence-corrected chi connectivity index (χ0v) is 15.0. The monoisotopic (exact) mass is 415 g/mol. The van der Waals surface area contributed by atoms with E-state index >= 15 is 0 Å². The summed E-state index contributed by atoms with van der Waals surface area (Å²) < 4.78 is 1.94. The van der Waals surface area contributed by atoms with Crippen molar-refractivity contribution < 1.29 is 39.6 Å². The van der Waals surface area contributed by atoms with Crippen LogP contribution < -0.4 is 0 Å². The van der Waals surface area contributed by atoms with Crippen LogP contribution >= 0.6 is 0 Å². The Labute approximate surface area is 166 Å². The normalized spacial score (nSPS) is 10.7. The highest BCUT2D eigenvalue weighted by atomic mass is 16.4. The van der Waals surface area contributed by atoms with Crippen LogP contribution in [0.1, 0.15) is 53.3 Å². The molecule has 0 spiro atoms. The van der Waals surface area contributed by atoms with Crippen molar-refractivity contribution in [3.8, 4) is 0 Å². The van der Waals surface area contributed by atoms with Gasteiger partial charge in [0.05, 0.1) is 24.5 Å². The Morgan fingerprint density at radius 1 is 0.700 bits per heavy atom. The van der Waals surface area contributed by atoms with Gasteiger partial charge in [-0.1, -0.05) is 6.07 Å². The van der Waals surface area contributed by atoms with Crippen molar-refractivity contribution in [2.75, 3.05) is 0 Å². The van der Waals surface area contributed by atoms with Crippen LogP contribution in [0.25, 0.3) is 0 Å². The first kappa shape index (κ1) is 20.2. The Hall–Kier alpha value is -4.55. The van der Waals surface area contributed by atoms with Gasteiger partial charge in [0.2, 0.25) is 0 Å². The van der Waals surface area contributed by atoms with Crippen LogP contribution in [0.15, 0.2) is 30.3 Å². The van der Waals surface area contributed by atoms with E-state index in [4.69, 9.17) is 10.2 Å². The lowest BCUT2D eigenvalue weighted by Crippen LogP contribution is -2.14. The maximum Gasteiger partial charge on any atom is 0.356 e. The molecule has 0 aliphatic rings. The maximum atomic E-state index is 11.3. The molecule has 0 atom stereocenters. The second-order valence-electron chi connectivity index (χ2n) is 5.99. The van der Waals surface area contributed by atoms with Crippen molar-refractivity contribution in [1.82, 2.24) is 24.5 Å². The van der Waals surface area contributed by atoms with Crippen molar-refractivity contribution in [3.05, 3.63) is 64.5 Å². The summed E-state index contributed by atoms with van der Waals surface area (Å²) in [6.45, 7) is -0.317. The Morgan fingerprint density at radius 2 is 1.10 bits per heavy atom. The van der Waals surface area contributed by atoms with Crippen LogP contribution in [0.2, 0.25) is 0 Å². The third-order valence-electron chi connectivity index (χ3n) is 3.92. The van der Waals surface area contributed by atoms with Gasteiger partial charge in [0.25, 0.3) is 0 Å². The summed E-state index contributed by atoms with van der Waals surface area (Å²) in [5.41, 5.74) is -0.924. The maximum absolute atomic E-state index is 11.3. The number of aromatic nitrogens is 5. The topological polar surface area (TPSA) is 198 Å². The molecule has 0 fully saturated rings. The van der Waals surface area contributed by atoms with Crippen molar-refractivity contribution in [1.29, 1.82) is 0 Å². The smallest absolute Gasteiger partial charge is 0.356 e. The van der Waals surface area contributed by atoms with Crippen LogP contribution in [-0.2, 0) is 13.1 Å². The molecule has 0 aliphatic carbocycles. The molecule has 3 aromatic rings. The van der Waals surface area contributed by atoms with Gasteiger partial charge in [-0.2, -0.15) is 10.2 Å². The molecule has 0 saturated heterocycles. The molecule has 0 amide bonds. The minimum Gasteiger partial charge on any atom is -0.477 e. The summed E-state index contributed by atoms with van der Waals surface area (Å²) in [5, 5.41) is 43.9. The van der Waals surface area contributed by atoms with E-state index in [2.05, 4.69) is 15.2 Å². The highest BCUT2D eigenvalue weighted by Gasteiger charge is 2.20. The number of rotatable bonds is 8. The van der Waals surface area contributed by atoms with Crippen molar-refractivity contribution in [2.45, 2.75) is 13.1 Å². The molecule has 0 aromatic carbocycles. The fourth-order valence-corrected chi connectivity index (χ4v) is 2.64. The number of carbonyl (C=O) groups is 4. The number of carboxylic acids is 4. The lowest BCUT2D eigenvalue weighted by Gasteiger charge is -2.08. The van der Waals surface area contributed by atoms with E-state index in [-0.39, 0.29) is 24.5 Å². The zero-order valence-electron chi connectivity index (χ0n) is 15.0. The quantitative estimate of drug-likeness (QED) is 0.396. The van der Waals surface area contributed by atoms with Crippen LogP contribution in [-0.4, -0.2) is 68.8 Å². The van der Waals surface area contributed by atoms with Gasteiger partial charge < -0.3 is 20.4 Å². The highest BCUT2D eigenvalue weighted by molar-refractivity contribution is 5.92. The van der Waals surface area contributed by atoms with E-state index in [1.807, 2.05) is 0 Å². The standard InChI is InChI=1S/C17H13N5O8/c23-14(24)10-4-12(16(27)28)21(19-10)6-8-2-1-3-9(18-8)7-22-13(17(29)30)5-11(20-22)15(25)26/h1-5H,6-7H2,(H,23,24)(H,25,26)(H,27,28)(H,29,30). The number of pyridine rings is 1. The number of carboxylic acid groups (broad SMARTS) is 4. The predicted octanol–water partition coefficient (Wildman–Crippen LogP) is 0.364. The third-order valence-corrected chi connectivity index (χ3v) is 3.92. The van der Waals surface area contributed by atoms with Crippen LogP contribution in [0, 0.1) is 0 Å². The molecule has 3 aromatic heterocycles. The summed E-state index contributed by atoms with van der Waals surface area (Å²) >= 11 is 0. The van der Waals surface area contributed by atoms with Gasteiger partial charge in [-0.3, -0.25) is 14.3 Å². The Morgan fingerprint density at radius 3 is 1.43 bits per heavy atom. The van der Waals surface area contributed by atoms with E-state index in [1.165, 1.54) is 0 Å². The van der Waals surface area contributed by atoms with E-state index in [0.717, 1.165) is 21.5 Å². The van der Waals surface area contributed by atoms with Crippen molar-refractivity contribution in [3.63, 3.8) is 0 Å². The third kappa shape index (κ3) is 4.14. The average molecular weight is 415 g/mol. The van der Waals surface area contributed by atoms with E-state index in [1.54, 1.807) is 18.2 Å². The molecule has 13 nitrogen and oxygen atoms in total. The number of hydrogen-bond acceptors (Lipinski definition) is 7. The molecule has 13 heteroatoms. The first-order valence-corrected chi connectivity index (χ1v) is 8.19. The van der Waals surface area contributed by atoms with Gasteiger partial charge in [-0.15, -0.1) is 0 Å². The van der Waals surface area contributed by atoms with E-state index < -0.39 is 35.3 Å². The minimum atomic E-state index is -1.38. The van der Waals surface area contributed by atoms with Gasteiger partial charge in [0, 0.05) is 12.1 Å². The molecule has 0 bridgehead atoms. The summed E-state index contributed by atoms with van der Waals surface area (Å²) in [6.07, 6.45) is 0. The Bertz CT molecular complexity index is 1090. The molecule has 0 aliphatic heterocycles. The summed E-state index contributed by atoms with van der Waals surface area (Å²) in [4.78, 5) is 49.0. The molecule has 4 N–H and O–H groups in total. The second-order valence-corrected chi connectivity index (χ2v) is 5.99.